The average molecular weight is 466 g/mol. The van der Waals surface area contributed by atoms with Gasteiger partial charge >= 0.3 is 0 Å². The maximum absolute atomic E-state index is 13.6. The summed E-state index contributed by atoms with van der Waals surface area (Å²) in [7, 11) is 0. The zero-order chi connectivity index (χ0) is 24.1. The number of hydrogen-bond acceptors (Lipinski definition) is 6. The third kappa shape index (κ3) is 5.36. The lowest BCUT2D eigenvalue weighted by atomic mass is 9.79. The van der Waals surface area contributed by atoms with Gasteiger partial charge in [0.05, 0.1) is 16.2 Å². The molecule has 1 unspecified atom stereocenters. The number of anilines is 1. The Morgan fingerprint density at radius 2 is 1.68 bits per heavy atom. The van der Waals surface area contributed by atoms with Crippen molar-refractivity contribution in [1.82, 2.24) is 15.5 Å². The summed E-state index contributed by atoms with van der Waals surface area (Å²) in [6.07, 6.45) is 4.33. The standard InChI is InChI=1S/C25H31N5O4/c26-22-16-20(30(33)34)6-7-21(22)24(31)28-23(19-4-2-1-3-5-19)25(32)29-14-10-18(11-15-29)17-8-12-27-13-9-17/h1-7,16-18,23,27H,8-15,26H2,(H,28,31). The van der Waals surface area contributed by atoms with Crippen LogP contribution in [0.5, 0.6) is 0 Å². The van der Waals surface area contributed by atoms with Crippen molar-refractivity contribution in [3.63, 3.8) is 0 Å². The highest BCUT2D eigenvalue weighted by molar-refractivity contribution is 6.02. The van der Waals surface area contributed by atoms with E-state index in [0.717, 1.165) is 32.0 Å². The second-order valence-electron chi connectivity index (χ2n) is 9.10. The zero-order valence-electron chi connectivity index (χ0n) is 19.1. The molecular formula is C25H31N5O4. The minimum atomic E-state index is -0.862. The molecule has 4 rings (SSSR count). The lowest BCUT2D eigenvalue weighted by Crippen LogP contribution is -2.47. The predicted molar refractivity (Wildman–Crippen MR) is 129 cm³/mol. The summed E-state index contributed by atoms with van der Waals surface area (Å²) in [6, 6.07) is 12.0. The van der Waals surface area contributed by atoms with Gasteiger partial charge in [0, 0.05) is 25.2 Å². The van der Waals surface area contributed by atoms with Gasteiger partial charge in [-0.15, -0.1) is 0 Å². The van der Waals surface area contributed by atoms with Gasteiger partial charge in [-0.05, 0) is 62.2 Å². The van der Waals surface area contributed by atoms with Crippen molar-refractivity contribution in [3.05, 3.63) is 69.8 Å². The number of benzene rings is 2. The maximum atomic E-state index is 13.6. The average Bonchev–Trinajstić information content (AvgIpc) is 2.87. The summed E-state index contributed by atoms with van der Waals surface area (Å²) in [5, 5.41) is 17.2. The van der Waals surface area contributed by atoms with Crippen LogP contribution in [0.3, 0.4) is 0 Å². The van der Waals surface area contributed by atoms with Crippen LogP contribution in [-0.2, 0) is 4.79 Å². The summed E-state index contributed by atoms with van der Waals surface area (Å²) in [6.45, 7) is 3.48. The number of nitrogen functional groups attached to an aromatic ring is 1. The van der Waals surface area contributed by atoms with E-state index < -0.39 is 16.9 Å². The molecule has 0 aliphatic carbocycles. The Morgan fingerprint density at radius 1 is 1.03 bits per heavy atom. The molecule has 4 N–H and O–H groups in total. The van der Waals surface area contributed by atoms with Gasteiger partial charge in [0.25, 0.3) is 11.6 Å². The van der Waals surface area contributed by atoms with Gasteiger partial charge in [-0.1, -0.05) is 30.3 Å². The Hall–Kier alpha value is -3.46. The van der Waals surface area contributed by atoms with Crippen LogP contribution < -0.4 is 16.4 Å². The number of likely N-dealkylation sites (tertiary alicyclic amines) is 1. The van der Waals surface area contributed by atoms with E-state index in [1.165, 1.54) is 25.0 Å². The van der Waals surface area contributed by atoms with Crippen LogP contribution in [0.2, 0.25) is 0 Å². The highest BCUT2D eigenvalue weighted by Crippen LogP contribution is 2.32. The van der Waals surface area contributed by atoms with E-state index in [1.807, 2.05) is 35.2 Å². The number of nitro benzene ring substituents is 1. The van der Waals surface area contributed by atoms with Crippen molar-refractivity contribution >= 4 is 23.2 Å². The summed E-state index contributed by atoms with van der Waals surface area (Å²) in [5.74, 6) is 0.659. The quantitative estimate of drug-likeness (QED) is 0.342. The van der Waals surface area contributed by atoms with Crippen molar-refractivity contribution in [1.29, 1.82) is 0 Å². The normalized spacial score (nSPS) is 18.3. The number of carbonyl (C=O) groups is 2. The van der Waals surface area contributed by atoms with Crippen LogP contribution in [0, 0.1) is 22.0 Å². The third-order valence-electron chi connectivity index (χ3n) is 7.05. The topological polar surface area (TPSA) is 131 Å². The van der Waals surface area contributed by atoms with E-state index in [4.69, 9.17) is 5.73 Å². The number of nitrogens with one attached hydrogen (secondary N) is 2. The fraction of sp³-hybridized carbons (Fsp3) is 0.440. The number of nitrogens with zero attached hydrogens (tertiary/aromatic N) is 2. The van der Waals surface area contributed by atoms with Crippen LogP contribution >= 0.6 is 0 Å². The van der Waals surface area contributed by atoms with Crippen molar-refractivity contribution < 1.29 is 14.5 Å². The SMILES string of the molecule is Nc1cc([N+](=O)[O-])ccc1C(=O)NC(C(=O)N1CCC(C2CCNCC2)CC1)c1ccccc1. The second-order valence-corrected chi connectivity index (χ2v) is 9.10. The number of piperidine rings is 2. The molecule has 0 radical (unpaired) electrons. The molecule has 1 atom stereocenters. The number of hydrogen-bond donors (Lipinski definition) is 3. The first-order chi connectivity index (χ1) is 16.4. The molecule has 0 saturated carbocycles. The molecule has 2 heterocycles. The van der Waals surface area contributed by atoms with Gasteiger partial charge in [0.15, 0.2) is 0 Å². The van der Waals surface area contributed by atoms with E-state index in [-0.39, 0.29) is 22.8 Å². The Labute approximate surface area is 198 Å². The maximum Gasteiger partial charge on any atom is 0.271 e. The second kappa shape index (κ2) is 10.6. The van der Waals surface area contributed by atoms with Crippen molar-refractivity contribution in [2.24, 2.45) is 11.8 Å². The first kappa shape index (κ1) is 23.7. The highest BCUT2D eigenvalue weighted by Gasteiger charge is 2.33. The molecule has 2 fully saturated rings. The van der Waals surface area contributed by atoms with Gasteiger partial charge in [-0.25, -0.2) is 0 Å². The summed E-state index contributed by atoms with van der Waals surface area (Å²) in [4.78, 5) is 38.9. The molecule has 0 bridgehead atoms. The third-order valence-corrected chi connectivity index (χ3v) is 7.05. The minimum absolute atomic E-state index is 0.00579. The molecule has 2 saturated heterocycles. The molecule has 0 aromatic heterocycles. The van der Waals surface area contributed by atoms with Crippen LogP contribution in [0.4, 0.5) is 11.4 Å². The zero-order valence-corrected chi connectivity index (χ0v) is 19.1. The lowest BCUT2D eigenvalue weighted by Gasteiger charge is -2.39. The number of amides is 2. The molecule has 9 nitrogen and oxygen atoms in total. The summed E-state index contributed by atoms with van der Waals surface area (Å²) in [5.41, 5.74) is 6.50. The molecule has 180 valence electrons. The first-order valence-corrected chi connectivity index (χ1v) is 11.8. The molecule has 2 amide bonds. The predicted octanol–water partition coefficient (Wildman–Crippen LogP) is 2.89. The monoisotopic (exact) mass is 465 g/mol. The number of nitrogens with two attached hydrogens (primary N) is 1. The van der Waals surface area contributed by atoms with Crippen molar-refractivity contribution in [2.45, 2.75) is 31.7 Å². The van der Waals surface area contributed by atoms with Crippen LogP contribution in [-0.4, -0.2) is 47.8 Å². The number of non-ortho nitro benzene ring substituents is 1. The molecule has 2 aromatic rings. The van der Waals surface area contributed by atoms with Gasteiger partial charge in [-0.2, -0.15) is 0 Å². The van der Waals surface area contributed by atoms with E-state index in [1.54, 1.807) is 0 Å². The number of carbonyl (C=O) groups excluding carboxylic acids is 2. The molecular weight excluding hydrogens is 434 g/mol. The van der Waals surface area contributed by atoms with Crippen LogP contribution in [0.25, 0.3) is 0 Å². The molecule has 2 aromatic carbocycles. The Kier molecular flexibility index (Phi) is 7.42. The fourth-order valence-electron chi connectivity index (χ4n) is 5.10. The largest absolute Gasteiger partial charge is 0.398 e. The van der Waals surface area contributed by atoms with Crippen LogP contribution in [0.1, 0.15) is 47.6 Å². The summed E-state index contributed by atoms with van der Waals surface area (Å²) < 4.78 is 0. The van der Waals surface area contributed by atoms with Gasteiger partial charge in [-0.3, -0.25) is 19.7 Å². The van der Waals surface area contributed by atoms with E-state index >= 15 is 0 Å². The van der Waals surface area contributed by atoms with E-state index in [2.05, 4.69) is 10.6 Å². The Bertz CT molecular complexity index is 1030. The number of nitro groups is 1. The molecule has 9 heteroatoms. The smallest absolute Gasteiger partial charge is 0.271 e. The van der Waals surface area contributed by atoms with Gasteiger partial charge in [0.2, 0.25) is 5.91 Å². The van der Waals surface area contributed by atoms with Crippen molar-refractivity contribution in [2.75, 3.05) is 31.9 Å². The molecule has 2 aliphatic rings. The number of rotatable bonds is 6. The van der Waals surface area contributed by atoms with Gasteiger partial charge in [0.1, 0.15) is 6.04 Å². The minimum Gasteiger partial charge on any atom is -0.398 e. The summed E-state index contributed by atoms with van der Waals surface area (Å²) >= 11 is 0. The lowest BCUT2D eigenvalue weighted by molar-refractivity contribution is -0.384. The molecule has 0 spiro atoms. The Balaban J connectivity index is 1.48. The van der Waals surface area contributed by atoms with Gasteiger partial charge < -0.3 is 21.3 Å². The highest BCUT2D eigenvalue weighted by atomic mass is 16.6. The fourth-order valence-corrected chi connectivity index (χ4v) is 5.10. The van der Waals surface area contributed by atoms with E-state index in [0.29, 0.717) is 30.5 Å². The first-order valence-electron chi connectivity index (χ1n) is 11.8. The van der Waals surface area contributed by atoms with Crippen LogP contribution in [0.15, 0.2) is 48.5 Å². The Morgan fingerprint density at radius 3 is 2.29 bits per heavy atom. The molecule has 34 heavy (non-hydrogen) atoms. The van der Waals surface area contributed by atoms with E-state index in [9.17, 15) is 19.7 Å². The molecule has 2 aliphatic heterocycles. The van der Waals surface area contributed by atoms with Crippen molar-refractivity contribution in [3.8, 4) is 0 Å².